The lowest BCUT2D eigenvalue weighted by molar-refractivity contribution is 0.115. The van der Waals surface area contributed by atoms with Crippen LogP contribution in [-0.4, -0.2) is 36.6 Å². The minimum atomic E-state index is 0.0521. The van der Waals surface area contributed by atoms with Gasteiger partial charge in [0.1, 0.15) is 11.7 Å². The van der Waals surface area contributed by atoms with Gasteiger partial charge in [0.2, 0.25) is 0 Å². The molecule has 1 unspecified atom stereocenters. The van der Waals surface area contributed by atoms with Crippen LogP contribution >= 0.6 is 0 Å². The summed E-state index contributed by atoms with van der Waals surface area (Å²) in [5, 5.41) is 7.34. The third-order valence-electron chi connectivity index (χ3n) is 3.21. The van der Waals surface area contributed by atoms with Crippen LogP contribution in [0.4, 0.5) is 5.82 Å². The summed E-state index contributed by atoms with van der Waals surface area (Å²) < 4.78 is 5.65. The summed E-state index contributed by atoms with van der Waals surface area (Å²) in [7, 11) is 0. The van der Waals surface area contributed by atoms with Crippen LogP contribution in [0.2, 0.25) is 0 Å². The molecule has 1 fully saturated rings. The molecule has 5 heteroatoms. The molecule has 0 saturated carbocycles. The first-order valence-corrected chi connectivity index (χ1v) is 6.37. The Morgan fingerprint density at radius 3 is 2.94 bits per heavy atom. The maximum atomic E-state index is 7.34. The molecule has 2 rings (SSSR count). The van der Waals surface area contributed by atoms with Crippen molar-refractivity contribution in [2.45, 2.75) is 25.9 Å². The van der Waals surface area contributed by atoms with Crippen molar-refractivity contribution in [3.8, 4) is 0 Å². The molecule has 1 aromatic rings. The summed E-state index contributed by atoms with van der Waals surface area (Å²) in [6, 6.07) is 3.75. The average Bonchev–Trinajstić information content (AvgIpc) is 2.89. The van der Waals surface area contributed by atoms with Crippen molar-refractivity contribution in [2.24, 2.45) is 5.73 Å². The number of aromatic nitrogens is 1. The van der Waals surface area contributed by atoms with Crippen LogP contribution in [0, 0.1) is 5.41 Å². The summed E-state index contributed by atoms with van der Waals surface area (Å²) in [5.41, 5.74) is 6.07. The van der Waals surface area contributed by atoms with Gasteiger partial charge in [-0.15, -0.1) is 0 Å². The molecule has 0 radical (unpaired) electrons. The van der Waals surface area contributed by atoms with E-state index in [2.05, 4.69) is 16.8 Å². The van der Waals surface area contributed by atoms with Gasteiger partial charge in [-0.3, -0.25) is 5.41 Å². The van der Waals surface area contributed by atoms with Crippen molar-refractivity contribution in [2.75, 3.05) is 24.6 Å². The highest BCUT2D eigenvalue weighted by atomic mass is 16.5. The van der Waals surface area contributed by atoms with Gasteiger partial charge in [0.05, 0.1) is 6.10 Å². The van der Waals surface area contributed by atoms with Crippen LogP contribution in [0.1, 0.15) is 25.3 Å². The number of nitrogens with zero attached hydrogens (tertiary/aromatic N) is 2. The van der Waals surface area contributed by atoms with Crippen LogP contribution < -0.4 is 10.6 Å². The molecular weight excluding hydrogens is 228 g/mol. The number of anilines is 1. The Balaban J connectivity index is 2.04. The lowest BCUT2D eigenvalue weighted by atomic mass is 10.2. The Hall–Kier alpha value is -1.62. The topological polar surface area (TPSA) is 75.2 Å². The fraction of sp³-hybridized carbons (Fsp3) is 0.538. The molecule has 2 heterocycles. The summed E-state index contributed by atoms with van der Waals surface area (Å²) in [5.74, 6) is 0.967. The van der Waals surface area contributed by atoms with Gasteiger partial charge in [-0.1, -0.05) is 0 Å². The molecule has 0 aliphatic carbocycles. The maximum absolute atomic E-state index is 7.34. The third-order valence-corrected chi connectivity index (χ3v) is 3.21. The highest BCUT2D eigenvalue weighted by molar-refractivity contribution is 5.94. The van der Waals surface area contributed by atoms with Crippen molar-refractivity contribution in [3.05, 3.63) is 23.9 Å². The smallest absolute Gasteiger partial charge is 0.128 e. The maximum Gasteiger partial charge on any atom is 0.128 e. The van der Waals surface area contributed by atoms with Crippen molar-refractivity contribution < 1.29 is 4.74 Å². The number of nitrogens with two attached hydrogens (primary N) is 1. The number of nitrogen functional groups attached to an aromatic ring is 1. The molecule has 98 valence electrons. The van der Waals surface area contributed by atoms with Gasteiger partial charge in [0.25, 0.3) is 0 Å². The van der Waals surface area contributed by atoms with E-state index in [9.17, 15) is 0 Å². The van der Waals surface area contributed by atoms with E-state index in [0.717, 1.165) is 38.4 Å². The summed E-state index contributed by atoms with van der Waals surface area (Å²) in [4.78, 5) is 6.56. The van der Waals surface area contributed by atoms with Gasteiger partial charge in [0.15, 0.2) is 0 Å². The number of amidine groups is 1. The Labute approximate surface area is 107 Å². The molecule has 3 N–H and O–H groups in total. The second-order valence-corrected chi connectivity index (χ2v) is 4.49. The molecular formula is C13H20N4O. The predicted octanol–water partition coefficient (Wildman–Crippen LogP) is 1.37. The first-order valence-electron chi connectivity index (χ1n) is 6.37. The summed E-state index contributed by atoms with van der Waals surface area (Å²) >= 11 is 0. The van der Waals surface area contributed by atoms with E-state index in [4.69, 9.17) is 15.9 Å². The molecule has 18 heavy (non-hydrogen) atoms. The molecule has 0 aromatic carbocycles. The predicted molar refractivity (Wildman–Crippen MR) is 72.1 cm³/mol. The Bertz CT molecular complexity index is 398. The monoisotopic (exact) mass is 248 g/mol. The lowest BCUT2D eigenvalue weighted by Crippen LogP contribution is -2.32. The van der Waals surface area contributed by atoms with Gasteiger partial charge < -0.3 is 15.4 Å². The summed E-state index contributed by atoms with van der Waals surface area (Å²) in [6.07, 6.45) is 4.25. The van der Waals surface area contributed by atoms with Crippen LogP contribution in [-0.2, 0) is 4.74 Å². The number of ether oxygens (including phenoxy) is 1. The van der Waals surface area contributed by atoms with Gasteiger partial charge >= 0.3 is 0 Å². The van der Waals surface area contributed by atoms with Crippen LogP contribution in [0.3, 0.4) is 0 Å². The molecule has 1 aromatic heterocycles. The van der Waals surface area contributed by atoms with E-state index in [1.165, 1.54) is 0 Å². The highest BCUT2D eigenvalue weighted by Crippen LogP contribution is 2.17. The summed E-state index contributed by atoms with van der Waals surface area (Å²) in [6.45, 7) is 4.75. The molecule has 0 bridgehead atoms. The fourth-order valence-electron chi connectivity index (χ4n) is 2.15. The zero-order valence-electron chi connectivity index (χ0n) is 10.7. The Kier molecular flexibility index (Phi) is 4.15. The second kappa shape index (κ2) is 5.82. The van der Waals surface area contributed by atoms with Crippen molar-refractivity contribution >= 4 is 11.7 Å². The number of hydrogen-bond donors (Lipinski definition) is 2. The SMILES string of the molecule is CCN(CC1CCCO1)c1ccc(C(=N)N)cn1. The zero-order chi connectivity index (χ0) is 13.0. The minimum Gasteiger partial charge on any atom is -0.384 e. The second-order valence-electron chi connectivity index (χ2n) is 4.49. The zero-order valence-corrected chi connectivity index (χ0v) is 10.7. The molecule has 1 aliphatic rings. The Morgan fingerprint density at radius 1 is 1.61 bits per heavy atom. The molecule has 0 amide bonds. The molecule has 1 atom stereocenters. The van der Waals surface area contributed by atoms with Crippen LogP contribution in [0.5, 0.6) is 0 Å². The molecule has 1 aliphatic heterocycles. The van der Waals surface area contributed by atoms with E-state index in [-0.39, 0.29) is 5.84 Å². The van der Waals surface area contributed by atoms with E-state index in [1.54, 1.807) is 6.20 Å². The normalized spacial score (nSPS) is 18.8. The number of likely N-dealkylation sites (N-methyl/N-ethyl adjacent to an activating group) is 1. The van der Waals surface area contributed by atoms with E-state index in [0.29, 0.717) is 11.7 Å². The van der Waals surface area contributed by atoms with E-state index in [1.807, 2.05) is 12.1 Å². The fourth-order valence-corrected chi connectivity index (χ4v) is 2.15. The Morgan fingerprint density at radius 2 is 2.44 bits per heavy atom. The number of rotatable bonds is 5. The lowest BCUT2D eigenvalue weighted by Gasteiger charge is -2.25. The van der Waals surface area contributed by atoms with Gasteiger partial charge in [-0.25, -0.2) is 4.98 Å². The minimum absolute atomic E-state index is 0.0521. The third kappa shape index (κ3) is 2.98. The van der Waals surface area contributed by atoms with Crippen molar-refractivity contribution in [1.29, 1.82) is 5.41 Å². The van der Waals surface area contributed by atoms with E-state index >= 15 is 0 Å². The standard InChI is InChI=1S/C13H20N4O/c1-2-17(9-11-4-3-7-18-11)12-6-5-10(8-16-12)13(14)15/h5-6,8,11H,2-4,7,9H2,1H3,(H3,14,15). The molecule has 0 spiro atoms. The number of nitrogens with one attached hydrogen (secondary N) is 1. The molecule has 1 saturated heterocycles. The van der Waals surface area contributed by atoms with Crippen LogP contribution in [0.25, 0.3) is 0 Å². The van der Waals surface area contributed by atoms with Crippen molar-refractivity contribution in [3.63, 3.8) is 0 Å². The van der Waals surface area contributed by atoms with Crippen LogP contribution in [0.15, 0.2) is 18.3 Å². The van der Waals surface area contributed by atoms with Crippen molar-refractivity contribution in [1.82, 2.24) is 4.98 Å². The quantitative estimate of drug-likeness (QED) is 0.609. The largest absolute Gasteiger partial charge is 0.384 e. The number of pyridine rings is 1. The first-order chi connectivity index (χ1) is 8.70. The van der Waals surface area contributed by atoms with Gasteiger partial charge in [-0.05, 0) is 31.9 Å². The van der Waals surface area contributed by atoms with Gasteiger partial charge in [-0.2, -0.15) is 0 Å². The van der Waals surface area contributed by atoms with Gasteiger partial charge in [0, 0.05) is 31.5 Å². The highest BCUT2D eigenvalue weighted by Gasteiger charge is 2.19. The molecule has 5 nitrogen and oxygen atoms in total. The average molecular weight is 248 g/mol. The first kappa shape index (κ1) is 12.8. The number of hydrogen-bond acceptors (Lipinski definition) is 4. The van der Waals surface area contributed by atoms with E-state index < -0.39 is 0 Å².